The number of para-hydroxylation sites is 1. The lowest BCUT2D eigenvalue weighted by molar-refractivity contribution is -0.126. The first kappa shape index (κ1) is 19.3. The molecule has 2 heterocycles. The minimum atomic E-state index is -3.64. The number of carbonyl (C=O) groups is 1. The zero-order valence-electron chi connectivity index (χ0n) is 16.3. The Kier molecular flexibility index (Phi) is 5.11. The number of carbonyl (C=O) groups excluding carboxylic acids is 1. The Morgan fingerprint density at radius 3 is 2.61 bits per heavy atom. The van der Waals surface area contributed by atoms with Crippen LogP contribution in [0.25, 0.3) is 10.9 Å². The summed E-state index contributed by atoms with van der Waals surface area (Å²) in [4.78, 5) is 18.9. The number of amides is 1. The van der Waals surface area contributed by atoms with Crippen LogP contribution in [0.5, 0.6) is 0 Å². The number of piperazine rings is 1. The quantitative estimate of drug-likeness (QED) is 0.820. The second-order valence-electron chi connectivity index (χ2n) is 7.74. The molecule has 1 unspecified atom stereocenters. The van der Waals surface area contributed by atoms with Gasteiger partial charge in [0.25, 0.3) is 0 Å². The van der Waals surface area contributed by atoms with Crippen molar-refractivity contribution >= 4 is 26.8 Å². The lowest BCUT2D eigenvalue weighted by atomic mass is 10.2. The molecule has 150 valence electrons. The Bertz CT molecular complexity index is 996. The summed E-state index contributed by atoms with van der Waals surface area (Å²) in [5.74, 6) is 0.0347. The second-order valence-corrected chi connectivity index (χ2v) is 9.65. The lowest BCUT2D eigenvalue weighted by Crippen LogP contribution is -2.55. The van der Waals surface area contributed by atoms with Crippen molar-refractivity contribution in [2.75, 3.05) is 26.2 Å². The average Bonchev–Trinajstić information content (AvgIpc) is 3.50. The first-order valence-electron chi connectivity index (χ1n) is 9.76. The molecule has 0 radical (unpaired) electrons. The van der Waals surface area contributed by atoms with Gasteiger partial charge in [0.2, 0.25) is 15.9 Å². The van der Waals surface area contributed by atoms with Gasteiger partial charge in [-0.05, 0) is 44.4 Å². The van der Waals surface area contributed by atoms with Crippen LogP contribution in [0.3, 0.4) is 0 Å². The van der Waals surface area contributed by atoms with Gasteiger partial charge in [0.1, 0.15) is 4.90 Å². The van der Waals surface area contributed by atoms with Crippen LogP contribution < -0.4 is 5.32 Å². The Hall–Kier alpha value is -2.03. The number of rotatable bonds is 5. The van der Waals surface area contributed by atoms with Crippen LogP contribution >= 0.6 is 0 Å². The first-order valence-corrected chi connectivity index (χ1v) is 11.2. The maximum Gasteiger partial charge on any atom is 0.245 e. The Morgan fingerprint density at radius 2 is 1.93 bits per heavy atom. The van der Waals surface area contributed by atoms with Gasteiger partial charge in [-0.1, -0.05) is 12.1 Å². The van der Waals surface area contributed by atoms with Crippen molar-refractivity contribution in [2.45, 2.75) is 43.7 Å². The molecular formula is C20H26N4O3S. The van der Waals surface area contributed by atoms with Gasteiger partial charge in [-0.3, -0.25) is 14.7 Å². The summed E-state index contributed by atoms with van der Waals surface area (Å²) < 4.78 is 28.0. The van der Waals surface area contributed by atoms with E-state index in [4.69, 9.17) is 0 Å². The van der Waals surface area contributed by atoms with Crippen LogP contribution in [0, 0.1) is 6.92 Å². The summed E-state index contributed by atoms with van der Waals surface area (Å²) in [6, 6.07) is 7.30. The van der Waals surface area contributed by atoms with Crippen molar-refractivity contribution in [1.29, 1.82) is 0 Å². The van der Waals surface area contributed by atoms with E-state index >= 15 is 0 Å². The topological polar surface area (TPSA) is 82.6 Å². The molecule has 1 saturated heterocycles. The molecule has 1 saturated carbocycles. The molecule has 0 bridgehead atoms. The van der Waals surface area contributed by atoms with E-state index in [-0.39, 0.29) is 16.8 Å². The summed E-state index contributed by atoms with van der Waals surface area (Å²) in [6.07, 6.45) is 3.81. The molecule has 7 nitrogen and oxygen atoms in total. The van der Waals surface area contributed by atoms with E-state index in [0.29, 0.717) is 37.7 Å². The summed E-state index contributed by atoms with van der Waals surface area (Å²) in [7, 11) is -3.64. The Balaban J connectivity index is 1.49. The molecule has 2 aliphatic rings. The van der Waals surface area contributed by atoms with E-state index in [0.717, 1.165) is 23.8 Å². The van der Waals surface area contributed by atoms with Gasteiger partial charge >= 0.3 is 0 Å². The van der Waals surface area contributed by atoms with E-state index < -0.39 is 10.0 Å². The van der Waals surface area contributed by atoms with Gasteiger partial charge in [-0.15, -0.1) is 0 Å². The van der Waals surface area contributed by atoms with Crippen LogP contribution in [0.2, 0.25) is 0 Å². The van der Waals surface area contributed by atoms with Crippen LogP contribution in [-0.2, 0) is 14.8 Å². The molecule has 1 aromatic heterocycles. The third-order valence-corrected chi connectivity index (χ3v) is 7.48. The predicted molar refractivity (Wildman–Crippen MR) is 107 cm³/mol. The lowest BCUT2D eigenvalue weighted by Gasteiger charge is -2.36. The van der Waals surface area contributed by atoms with Gasteiger partial charge < -0.3 is 5.32 Å². The van der Waals surface area contributed by atoms with Crippen molar-refractivity contribution in [2.24, 2.45) is 0 Å². The number of hydrogen-bond donors (Lipinski definition) is 1. The van der Waals surface area contributed by atoms with E-state index in [1.807, 2.05) is 26.0 Å². The highest BCUT2D eigenvalue weighted by Crippen LogP contribution is 2.26. The SMILES string of the molecule is Cc1cnc2c(S(=O)(=O)N3CCN(C(C)C(=O)NC4CC4)CC3)cccc2c1. The maximum absolute atomic E-state index is 13.2. The molecule has 28 heavy (non-hydrogen) atoms. The second kappa shape index (κ2) is 7.42. The average molecular weight is 403 g/mol. The molecule has 2 aromatic rings. The fourth-order valence-corrected chi connectivity index (χ4v) is 5.22. The van der Waals surface area contributed by atoms with Crippen molar-refractivity contribution in [3.05, 3.63) is 36.0 Å². The summed E-state index contributed by atoms with van der Waals surface area (Å²) >= 11 is 0. The first-order chi connectivity index (χ1) is 13.4. The van der Waals surface area contributed by atoms with E-state index in [1.165, 1.54) is 4.31 Å². The van der Waals surface area contributed by atoms with Crippen LogP contribution in [0.4, 0.5) is 0 Å². The zero-order valence-corrected chi connectivity index (χ0v) is 17.1. The van der Waals surface area contributed by atoms with E-state index in [1.54, 1.807) is 18.3 Å². The molecule has 1 aliphatic heterocycles. The third kappa shape index (κ3) is 3.76. The molecule has 1 aliphatic carbocycles. The molecule has 1 aromatic carbocycles. The van der Waals surface area contributed by atoms with Crippen LogP contribution in [-0.4, -0.2) is 66.8 Å². The molecule has 2 fully saturated rings. The minimum Gasteiger partial charge on any atom is -0.352 e. The number of benzene rings is 1. The van der Waals surface area contributed by atoms with Gasteiger partial charge in [0.05, 0.1) is 11.6 Å². The highest BCUT2D eigenvalue weighted by atomic mass is 32.2. The van der Waals surface area contributed by atoms with Gasteiger partial charge in [-0.25, -0.2) is 8.42 Å². The molecule has 4 rings (SSSR count). The smallest absolute Gasteiger partial charge is 0.245 e. The Morgan fingerprint density at radius 1 is 1.21 bits per heavy atom. The molecule has 1 amide bonds. The molecular weight excluding hydrogens is 376 g/mol. The van der Waals surface area contributed by atoms with E-state index in [9.17, 15) is 13.2 Å². The fraction of sp³-hybridized carbons (Fsp3) is 0.500. The number of pyridine rings is 1. The van der Waals surface area contributed by atoms with Crippen LogP contribution in [0.1, 0.15) is 25.3 Å². The normalized spacial score (nSPS) is 20.2. The van der Waals surface area contributed by atoms with Gasteiger partial charge in [0.15, 0.2) is 0 Å². The summed E-state index contributed by atoms with van der Waals surface area (Å²) in [5, 5.41) is 3.85. The van der Waals surface area contributed by atoms with Crippen LogP contribution in [0.15, 0.2) is 35.4 Å². The van der Waals surface area contributed by atoms with Gasteiger partial charge in [-0.2, -0.15) is 4.31 Å². The highest BCUT2D eigenvalue weighted by molar-refractivity contribution is 7.89. The largest absolute Gasteiger partial charge is 0.352 e. The molecule has 1 atom stereocenters. The van der Waals surface area contributed by atoms with Crippen molar-refractivity contribution in [3.63, 3.8) is 0 Å². The number of fused-ring (bicyclic) bond motifs is 1. The third-order valence-electron chi connectivity index (χ3n) is 5.55. The number of aromatic nitrogens is 1. The number of nitrogens with zero attached hydrogens (tertiary/aromatic N) is 3. The van der Waals surface area contributed by atoms with Gasteiger partial charge in [0, 0.05) is 43.8 Å². The number of aryl methyl sites for hydroxylation is 1. The standard InChI is InChI=1S/C20H26N4O3S/c1-14-12-16-4-3-5-18(19(16)21-13-14)28(26,27)24-10-8-23(9-11-24)15(2)20(25)22-17-6-7-17/h3-5,12-13,15,17H,6-11H2,1-2H3,(H,22,25). The monoisotopic (exact) mass is 402 g/mol. The Labute approximate surface area is 165 Å². The summed E-state index contributed by atoms with van der Waals surface area (Å²) in [6.45, 7) is 5.63. The summed E-state index contributed by atoms with van der Waals surface area (Å²) in [5.41, 5.74) is 1.50. The molecule has 8 heteroatoms. The minimum absolute atomic E-state index is 0.0347. The zero-order chi connectivity index (χ0) is 19.9. The van der Waals surface area contributed by atoms with Crippen molar-refractivity contribution in [3.8, 4) is 0 Å². The van der Waals surface area contributed by atoms with Crippen molar-refractivity contribution < 1.29 is 13.2 Å². The fourth-order valence-electron chi connectivity index (χ4n) is 3.64. The number of sulfonamides is 1. The predicted octanol–water partition coefficient (Wildman–Crippen LogP) is 1.52. The number of hydrogen-bond acceptors (Lipinski definition) is 5. The molecule has 1 N–H and O–H groups in total. The highest BCUT2D eigenvalue weighted by Gasteiger charge is 2.34. The number of nitrogens with one attached hydrogen (secondary N) is 1. The maximum atomic E-state index is 13.2. The van der Waals surface area contributed by atoms with Crippen molar-refractivity contribution in [1.82, 2.24) is 19.5 Å². The molecule has 0 spiro atoms. The van der Waals surface area contributed by atoms with E-state index in [2.05, 4.69) is 15.2 Å².